The number of halogens is 1. The first-order valence-corrected chi connectivity index (χ1v) is 12.3. The first-order valence-electron chi connectivity index (χ1n) is 10.8. The van der Waals surface area contributed by atoms with Crippen molar-refractivity contribution >= 4 is 21.1 Å². The summed E-state index contributed by atoms with van der Waals surface area (Å²) in [6.45, 7) is -0.140. The molecule has 0 radical (unpaired) electrons. The van der Waals surface area contributed by atoms with Gasteiger partial charge in [0.2, 0.25) is 16.0 Å². The van der Waals surface area contributed by atoms with Gasteiger partial charge in [-0.1, -0.05) is 24.3 Å². The molecule has 11 heteroatoms. The van der Waals surface area contributed by atoms with Crippen LogP contribution in [0.1, 0.15) is 16.8 Å². The lowest BCUT2D eigenvalue weighted by Crippen LogP contribution is -2.24. The Morgan fingerprint density at radius 2 is 1.80 bits per heavy atom. The summed E-state index contributed by atoms with van der Waals surface area (Å²) in [6, 6.07) is 16.4. The summed E-state index contributed by atoms with van der Waals surface area (Å²) in [5, 5.41) is 3.00. The molecule has 0 fully saturated rings. The van der Waals surface area contributed by atoms with E-state index in [4.69, 9.17) is 0 Å². The Morgan fingerprint density at radius 1 is 1.00 bits per heavy atom. The number of para-hydroxylation sites is 2. The van der Waals surface area contributed by atoms with E-state index < -0.39 is 10.0 Å². The number of nitrogens with zero attached hydrogens (tertiary/aromatic N) is 3. The fraction of sp³-hybridized carbons (Fsp3) is 0.125. The van der Waals surface area contributed by atoms with Crippen LogP contribution in [0.5, 0.6) is 0 Å². The van der Waals surface area contributed by atoms with E-state index in [1.165, 1.54) is 41.3 Å². The molecule has 3 N–H and O–H groups in total. The second kappa shape index (κ2) is 9.28. The van der Waals surface area contributed by atoms with Crippen molar-refractivity contribution in [3.8, 4) is 5.95 Å². The Hall–Kier alpha value is -4.09. The smallest absolute Gasteiger partial charge is 0.277 e. The van der Waals surface area contributed by atoms with Crippen LogP contribution in [0, 0.1) is 5.82 Å². The van der Waals surface area contributed by atoms with Crippen molar-refractivity contribution in [3.05, 3.63) is 106 Å². The molecule has 0 amide bonds. The Labute approximate surface area is 199 Å². The molecule has 178 valence electrons. The number of sulfonamides is 1. The molecule has 0 aliphatic heterocycles. The summed E-state index contributed by atoms with van der Waals surface area (Å²) in [4.78, 5) is 24.8. The molecule has 9 nitrogen and oxygen atoms in total. The first-order chi connectivity index (χ1) is 16.9. The van der Waals surface area contributed by atoms with Crippen molar-refractivity contribution in [1.82, 2.24) is 29.5 Å². The molecule has 3 heterocycles. The van der Waals surface area contributed by atoms with E-state index in [0.29, 0.717) is 35.6 Å². The van der Waals surface area contributed by atoms with Gasteiger partial charge in [-0.3, -0.25) is 14.9 Å². The van der Waals surface area contributed by atoms with Crippen LogP contribution in [0.3, 0.4) is 0 Å². The monoisotopic (exact) mass is 492 g/mol. The van der Waals surface area contributed by atoms with Crippen LogP contribution in [0.15, 0.2) is 82.7 Å². The van der Waals surface area contributed by atoms with Crippen LogP contribution in [0.4, 0.5) is 4.39 Å². The molecule has 0 bridgehead atoms. The van der Waals surface area contributed by atoms with Crippen LogP contribution in [-0.2, 0) is 29.4 Å². The first kappa shape index (κ1) is 22.7. The van der Waals surface area contributed by atoms with E-state index in [2.05, 4.69) is 24.8 Å². The quantitative estimate of drug-likeness (QED) is 0.307. The predicted octanol–water partition coefficient (Wildman–Crippen LogP) is 2.84. The van der Waals surface area contributed by atoms with Gasteiger partial charge in [-0.25, -0.2) is 22.5 Å². The number of aromatic amines is 2. The number of aromatic nitrogens is 5. The molecule has 0 saturated carbocycles. The van der Waals surface area contributed by atoms with Gasteiger partial charge in [-0.15, -0.1) is 0 Å². The third-order valence-corrected chi connectivity index (χ3v) is 7.01. The average Bonchev–Trinajstić information content (AvgIpc) is 3.43. The van der Waals surface area contributed by atoms with Crippen molar-refractivity contribution in [2.24, 2.45) is 0 Å². The number of rotatable bonds is 8. The van der Waals surface area contributed by atoms with E-state index in [1.54, 1.807) is 12.1 Å². The van der Waals surface area contributed by atoms with Gasteiger partial charge in [0.25, 0.3) is 5.56 Å². The number of nitrogens with one attached hydrogen (secondary N) is 3. The molecule has 5 aromatic rings. The molecule has 3 aromatic heterocycles. The SMILES string of the molecule is O=c1c(CCc2ccc(F)cc2)c(CNS(=O)(=O)c2cccnc2)[nH]n1-c1nc2ccccc2[nH]1. The standard InChI is InChI=1S/C24H21FN6O3S/c25-17-10-7-16(8-11-17)9-12-19-22(15-27-35(33,34)18-4-3-13-26-14-18)30-31(23(19)32)24-28-20-5-1-2-6-21(20)29-24/h1-8,10-11,13-14,27,30H,9,12,15H2,(H,28,29). The number of hydrogen-bond acceptors (Lipinski definition) is 5. The van der Waals surface area contributed by atoms with E-state index in [0.717, 1.165) is 11.1 Å². The summed E-state index contributed by atoms with van der Waals surface area (Å²) >= 11 is 0. The second-order valence-electron chi connectivity index (χ2n) is 7.93. The minimum absolute atomic E-state index is 0.0203. The normalized spacial score (nSPS) is 11.8. The zero-order valence-electron chi connectivity index (χ0n) is 18.4. The van der Waals surface area contributed by atoms with Gasteiger partial charge in [0.05, 0.1) is 23.3 Å². The lowest BCUT2D eigenvalue weighted by molar-refractivity contribution is 0.579. The zero-order chi connectivity index (χ0) is 24.4. The van der Waals surface area contributed by atoms with Crippen LogP contribution in [0.2, 0.25) is 0 Å². The van der Waals surface area contributed by atoms with Crippen molar-refractivity contribution in [1.29, 1.82) is 0 Å². The maximum absolute atomic E-state index is 13.4. The maximum atomic E-state index is 13.4. The van der Waals surface area contributed by atoms with Crippen LogP contribution in [0.25, 0.3) is 17.0 Å². The highest BCUT2D eigenvalue weighted by Crippen LogP contribution is 2.15. The summed E-state index contributed by atoms with van der Waals surface area (Å²) in [6.07, 6.45) is 3.52. The summed E-state index contributed by atoms with van der Waals surface area (Å²) in [5.41, 5.74) is 2.77. The number of imidazole rings is 1. The maximum Gasteiger partial charge on any atom is 0.277 e. The highest BCUT2D eigenvalue weighted by molar-refractivity contribution is 7.89. The molecule has 0 saturated heterocycles. The van der Waals surface area contributed by atoms with Crippen molar-refractivity contribution in [3.63, 3.8) is 0 Å². The van der Waals surface area contributed by atoms with Crippen LogP contribution < -0.4 is 10.3 Å². The molecular weight excluding hydrogens is 471 g/mol. The number of benzene rings is 2. The van der Waals surface area contributed by atoms with E-state index in [9.17, 15) is 17.6 Å². The van der Waals surface area contributed by atoms with E-state index >= 15 is 0 Å². The minimum atomic E-state index is -3.84. The molecule has 0 unspecified atom stereocenters. The molecular formula is C24H21FN6O3S. The number of fused-ring (bicyclic) bond motifs is 1. The van der Waals surface area contributed by atoms with Gasteiger partial charge in [0, 0.05) is 18.0 Å². The Bertz CT molecular complexity index is 1610. The van der Waals surface area contributed by atoms with Crippen LogP contribution in [-0.4, -0.2) is 33.2 Å². The predicted molar refractivity (Wildman–Crippen MR) is 128 cm³/mol. The second-order valence-corrected chi connectivity index (χ2v) is 9.69. The number of aryl methyl sites for hydroxylation is 1. The largest absolute Gasteiger partial charge is 0.322 e. The number of H-pyrrole nitrogens is 2. The van der Waals surface area contributed by atoms with Gasteiger partial charge in [0.15, 0.2) is 0 Å². The fourth-order valence-electron chi connectivity index (χ4n) is 3.79. The lowest BCUT2D eigenvalue weighted by atomic mass is 10.0. The highest BCUT2D eigenvalue weighted by Gasteiger charge is 2.20. The molecule has 2 aromatic carbocycles. The van der Waals surface area contributed by atoms with E-state index in [-0.39, 0.29) is 22.8 Å². The van der Waals surface area contributed by atoms with Gasteiger partial charge in [-0.05, 0) is 54.8 Å². The Kier molecular flexibility index (Phi) is 6.01. The Balaban J connectivity index is 1.48. The van der Waals surface area contributed by atoms with Crippen molar-refractivity contribution in [2.45, 2.75) is 24.3 Å². The molecule has 0 aliphatic carbocycles. The average molecular weight is 493 g/mol. The molecule has 5 rings (SSSR count). The van der Waals surface area contributed by atoms with Crippen LogP contribution >= 0.6 is 0 Å². The third-order valence-electron chi connectivity index (χ3n) is 5.62. The molecule has 0 spiro atoms. The zero-order valence-corrected chi connectivity index (χ0v) is 19.2. The number of hydrogen-bond donors (Lipinski definition) is 3. The molecule has 35 heavy (non-hydrogen) atoms. The third kappa shape index (κ3) is 4.77. The highest BCUT2D eigenvalue weighted by atomic mass is 32.2. The molecule has 0 atom stereocenters. The van der Waals surface area contributed by atoms with Gasteiger partial charge < -0.3 is 4.98 Å². The topological polar surface area (TPSA) is 126 Å². The summed E-state index contributed by atoms with van der Waals surface area (Å²) in [5.74, 6) is -0.0475. The van der Waals surface area contributed by atoms with Crippen molar-refractivity contribution in [2.75, 3.05) is 0 Å². The molecule has 0 aliphatic rings. The lowest BCUT2D eigenvalue weighted by Gasteiger charge is -2.07. The van der Waals surface area contributed by atoms with Gasteiger partial charge in [0.1, 0.15) is 10.7 Å². The Morgan fingerprint density at radius 3 is 2.54 bits per heavy atom. The van der Waals surface area contributed by atoms with E-state index in [1.807, 2.05) is 24.3 Å². The van der Waals surface area contributed by atoms with Gasteiger partial charge in [-0.2, -0.15) is 4.68 Å². The minimum Gasteiger partial charge on any atom is -0.322 e. The summed E-state index contributed by atoms with van der Waals surface area (Å²) < 4.78 is 42.5. The van der Waals surface area contributed by atoms with Crippen molar-refractivity contribution < 1.29 is 12.8 Å². The summed E-state index contributed by atoms with van der Waals surface area (Å²) in [7, 11) is -3.84. The number of pyridine rings is 1. The fourth-order valence-corrected chi connectivity index (χ4v) is 4.75. The van der Waals surface area contributed by atoms with Gasteiger partial charge >= 0.3 is 0 Å².